The number of hydrogen-bond acceptors (Lipinski definition) is 5. The quantitative estimate of drug-likeness (QED) is 0.641. The van der Waals surface area contributed by atoms with Gasteiger partial charge in [0, 0.05) is 16.7 Å². The maximum absolute atomic E-state index is 12.2. The Bertz CT molecular complexity index is 528. The highest BCUT2D eigenvalue weighted by atomic mass is 32.2. The van der Waals surface area contributed by atoms with E-state index in [1.165, 1.54) is 11.8 Å². The highest BCUT2D eigenvalue weighted by molar-refractivity contribution is 8.00. The molecule has 1 atom stereocenters. The van der Waals surface area contributed by atoms with Crippen molar-refractivity contribution in [2.24, 2.45) is 0 Å². The smallest absolute Gasteiger partial charge is 0.241 e. The maximum atomic E-state index is 12.2. The molecular formula is C12H17NO4S2. The van der Waals surface area contributed by atoms with Gasteiger partial charge in [0.05, 0.1) is 17.6 Å². The van der Waals surface area contributed by atoms with Crippen molar-refractivity contribution < 1.29 is 18.6 Å². The van der Waals surface area contributed by atoms with Gasteiger partial charge < -0.3 is 10.2 Å². The second kappa shape index (κ2) is 6.23. The van der Waals surface area contributed by atoms with E-state index in [0.29, 0.717) is 4.90 Å². The van der Waals surface area contributed by atoms with Crippen molar-refractivity contribution in [1.82, 2.24) is 4.72 Å². The van der Waals surface area contributed by atoms with Gasteiger partial charge in [0.15, 0.2) is 0 Å². The minimum Gasteiger partial charge on any atom is -0.394 e. The van der Waals surface area contributed by atoms with Crippen LogP contribution in [0.5, 0.6) is 0 Å². The molecule has 106 valence electrons. The van der Waals surface area contributed by atoms with E-state index in [0.717, 1.165) is 12.8 Å². The van der Waals surface area contributed by atoms with Crippen LogP contribution in [-0.2, 0) is 10.0 Å². The molecule has 0 amide bonds. The molecule has 3 N–H and O–H groups in total. The number of thioether (sulfide) groups is 1. The van der Waals surface area contributed by atoms with E-state index in [4.69, 9.17) is 5.11 Å². The number of aliphatic hydroxyl groups is 2. The van der Waals surface area contributed by atoms with Gasteiger partial charge >= 0.3 is 0 Å². The number of benzene rings is 1. The Labute approximate surface area is 117 Å². The second-order valence-electron chi connectivity index (χ2n) is 4.49. The molecule has 0 heterocycles. The number of nitrogens with one attached hydrogen (secondary N) is 1. The van der Waals surface area contributed by atoms with E-state index >= 15 is 0 Å². The number of aliphatic hydroxyl groups excluding tert-OH is 2. The van der Waals surface area contributed by atoms with Crippen LogP contribution in [0.25, 0.3) is 0 Å². The Morgan fingerprint density at radius 3 is 2.68 bits per heavy atom. The predicted molar refractivity (Wildman–Crippen MR) is 73.6 cm³/mol. The van der Waals surface area contributed by atoms with Crippen LogP contribution >= 0.6 is 11.8 Å². The molecule has 1 aromatic rings. The van der Waals surface area contributed by atoms with Crippen LogP contribution in [0.4, 0.5) is 0 Å². The van der Waals surface area contributed by atoms with Crippen LogP contribution in [0.1, 0.15) is 12.8 Å². The van der Waals surface area contributed by atoms with Crippen molar-refractivity contribution in [2.45, 2.75) is 34.8 Å². The van der Waals surface area contributed by atoms with Crippen molar-refractivity contribution in [3.8, 4) is 0 Å². The largest absolute Gasteiger partial charge is 0.394 e. The van der Waals surface area contributed by atoms with Gasteiger partial charge in [-0.05, 0) is 25.0 Å². The summed E-state index contributed by atoms with van der Waals surface area (Å²) in [7, 11) is -3.50. The van der Waals surface area contributed by atoms with Gasteiger partial charge in [-0.25, -0.2) is 13.1 Å². The van der Waals surface area contributed by atoms with Gasteiger partial charge in [0.25, 0.3) is 0 Å². The van der Waals surface area contributed by atoms with E-state index in [2.05, 4.69) is 4.72 Å². The fourth-order valence-corrected chi connectivity index (χ4v) is 4.27. The van der Waals surface area contributed by atoms with Gasteiger partial charge in [-0.2, -0.15) is 0 Å². The first-order valence-electron chi connectivity index (χ1n) is 6.06. The molecule has 7 heteroatoms. The summed E-state index contributed by atoms with van der Waals surface area (Å²) in [5, 5.41) is 18.1. The van der Waals surface area contributed by atoms with Crippen molar-refractivity contribution in [1.29, 1.82) is 0 Å². The van der Waals surface area contributed by atoms with E-state index in [9.17, 15) is 13.5 Å². The maximum Gasteiger partial charge on any atom is 0.241 e. The molecule has 1 unspecified atom stereocenters. The molecule has 0 spiro atoms. The van der Waals surface area contributed by atoms with Crippen LogP contribution < -0.4 is 4.72 Å². The Morgan fingerprint density at radius 1 is 1.37 bits per heavy atom. The molecular weight excluding hydrogens is 286 g/mol. The summed E-state index contributed by atoms with van der Waals surface area (Å²) in [4.78, 5) is 0.820. The Balaban J connectivity index is 2.15. The summed E-state index contributed by atoms with van der Waals surface area (Å²) in [6.07, 6.45) is 0.923. The summed E-state index contributed by atoms with van der Waals surface area (Å²) in [6.45, 7) is -0.331. The lowest BCUT2D eigenvalue weighted by molar-refractivity contribution is 0.113. The highest BCUT2D eigenvalue weighted by Gasteiger charge is 2.29. The SMILES string of the molecule is O=S(=O)(NC1CC1)c1ccccc1SCC(O)CO. The molecule has 1 aromatic carbocycles. The fourth-order valence-electron chi connectivity index (χ4n) is 1.51. The Kier molecular flexibility index (Phi) is 4.86. The van der Waals surface area contributed by atoms with Gasteiger partial charge in [0.2, 0.25) is 10.0 Å². The van der Waals surface area contributed by atoms with E-state index in [-0.39, 0.29) is 23.3 Å². The molecule has 19 heavy (non-hydrogen) atoms. The Morgan fingerprint density at radius 2 is 2.05 bits per heavy atom. The summed E-state index contributed by atoms with van der Waals surface area (Å²) < 4.78 is 27.0. The third-order valence-electron chi connectivity index (χ3n) is 2.68. The standard InChI is InChI=1S/C12H17NO4S2/c14-7-10(15)8-18-11-3-1-2-4-12(11)19(16,17)13-9-5-6-9/h1-4,9-10,13-15H,5-8H2. The first-order valence-corrected chi connectivity index (χ1v) is 8.53. The first kappa shape index (κ1) is 14.8. The third kappa shape index (κ3) is 4.19. The average Bonchev–Trinajstić information content (AvgIpc) is 3.19. The van der Waals surface area contributed by atoms with Crippen LogP contribution in [0.2, 0.25) is 0 Å². The van der Waals surface area contributed by atoms with Crippen molar-refractivity contribution >= 4 is 21.8 Å². The van der Waals surface area contributed by atoms with Crippen molar-refractivity contribution in [3.05, 3.63) is 24.3 Å². The summed E-state index contributed by atoms with van der Waals surface area (Å²) in [6, 6.07) is 6.75. The van der Waals surface area contributed by atoms with Crippen LogP contribution in [-0.4, -0.2) is 43.1 Å². The normalized spacial score (nSPS) is 17.4. The zero-order valence-corrected chi connectivity index (χ0v) is 12.0. The molecule has 0 aromatic heterocycles. The molecule has 1 aliphatic rings. The molecule has 5 nitrogen and oxygen atoms in total. The molecule has 1 aliphatic carbocycles. The third-order valence-corrected chi connectivity index (χ3v) is 5.61. The lowest BCUT2D eigenvalue weighted by Gasteiger charge is -2.12. The predicted octanol–water partition coefficient (Wildman–Crippen LogP) is 0.573. The van der Waals surface area contributed by atoms with E-state index in [1.54, 1.807) is 24.3 Å². The zero-order chi connectivity index (χ0) is 13.9. The molecule has 0 aliphatic heterocycles. The average molecular weight is 303 g/mol. The van der Waals surface area contributed by atoms with E-state index < -0.39 is 16.1 Å². The number of hydrogen-bond donors (Lipinski definition) is 3. The lowest BCUT2D eigenvalue weighted by Crippen LogP contribution is -2.26. The van der Waals surface area contributed by atoms with Gasteiger partial charge in [0.1, 0.15) is 0 Å². The Hall–Kier alpha value is -0.600. The number of sulfonamides is 1. The van der Waals surface area contributed by atoms with Crippen molar-refractivity contribution in [3.63, 3.8) is 0 Å². The molecule has 0 bridgehead atoms. The summed E-state index contributed by atoms with van der Waals surface area (Å²) in [5.74, 6) is 0.256. The highest BCUT2D eigenvalue weighted by Crippen LogP contribution is 2.29. The molecule has 2 rings (SSSR count). The monoisotopic (exact) mass is 303 g/mol. The van der Waals surface area contributed by atoms with Gasteiger partial charge in [-0.1, -0.05) is 12.1 Å². The van der Waals surface area contributed by atoms with Crippen LogP contribution in [0.3, 0.4) is 0 Å². The minimum atomic E-state index is -3.50. The topological polar surface area (TPSA) is 86.6 Å². The minimum absolute atomic E-state index is 0.0612. The first-order chi connectivity index (χ1) is 9.03. The van der Waals surface area contributed by atoms with Crippen molar-refractivity contribution in [2.75, 3.05) is 12.4 Å². The fraction of sp³-hybridized carbons (Fsp3) is 0.500. The van der Waals surface area contributed by atoms with Crippen LogP contribution in [0.15, 0.2) is 34.1 Å². The summed E-state index contributed by atoms with van der Waals surface area (Å²) in [5.41, 5.74) is 0. The zero-order valence-electron chi connectivity index (χ0n) is 10.3. The molecule has 0 saturated heterocycles. The van der Waals surface area contributed by atoms with Gasteiger partial charge in [-0.15, -0.1) is 11.8 Å². The molecule has 1 saturated carbocycles. The van der Waals surface area contributed by atoms with E-state index in [1.807, 2.05) is 0 Å². The molecule has 1 fully saturated rings. The molecule has 0 radical (unpaired) electrons. The van der Waals surface area contributed by atoms with Gasteiger partial charge in [-0.3, -0.25) is 0 Å². The second-order valence-corrected chi connectivity index (χ2v) is 7.23. The number of rotatable bonds is 7. The lowest BCUT2D eigenvalue weighted by atomic mass is 10.4. The van der Waals surface area contributed by atoms with Crippen LogP contribution in [0, 0.1) is 0 Å². The summed E-state index contributed by atoms with van der Waals surface area (Å²) >= 11 is 1.22.